The molecule has 0 bridgehead atoms. The van der Waals surface area contributed by atoms with Gasteiger partial charge >= 0.3 is 0 Å². The molecule has 1 unspecified atom stereocenters. The van der Waals surface area contributed by atoms with Gasteiger partial charge in [0, 0.05) is 0 Å². The Bertz CT molecular complexity index is 584. The van der Waals surface area contributed by atoms with Gasteiger partial charge in [-0.25, -0.2) is 0 Å². The molecule has 3 rings (SSSR count). The SMILES string of the molecule is CC(C)(C)OC(=C1CCC1)C(Br)c1ccccc1C1(C)CC1. The summed E-state index contributed by atoms with van der Waals surface area (Å²) in [5, 5.41) is 0. The van der Waals surface area contributed by atoms with E-state index in [4.69, 9.17) is 4.74 Å². The van der Waals surface area contributed by atoms with Crippen molar-refractivity contribution in [2.24, 2.45) is 0 Å². The van der Waals surface area contributed by atoms with Crippen molar-refractivity contribution in [2.75, 3.05) is 0 Å². The summed E-state index contributed by atoms with van der Waals surface area (Å²) in [4.78, 5) is 0.177. The standard InChI is InChI=1S/C20H27BrO/c1-19(2,3)22-18(14-8-7-9-14)17(21)15-10-5-6-11-16(15)20(4)12-13-20/h5-6,10-11,17H,7-9,12-13H2,1-4H3. The molecule has 1 aromatic rings. The van der Waals surface area contributed by atoms with Crippen LogP contribution in [0.5, 0.6) is 0 Å². The molecule has 0 amide bonds. The zero-order chi connectivity index (χ0) is 16.0. The Morgan fingerprint density at radius 3 is 2.32 bits per heavy atom. The summed E-state index contributed by atoms with van der Waals surface area (Å²) >= 11 is 3.97. The van der Waals surface area contributed by atoms with Crippen LogP contribution in [0.3, 0.4) is 0 Å². The summed E-state index contributed by atoms with van der Waals surface area (Å²) in [5.74, 6) is 1.16. The average Bonchev–Trinajstić information content (AvgIpc) is 3.13. The first kappa shape index (κ1) is 16.1. The highest BCUT2D eigenvalue weighted by atomic mass is 79.9. The van der Waals surface area contributed by atoms with Gasteiger partial charge in [0.05, 0.1) is 4.83 Å². The van der Waals surface area contributed by atoms with Crippen LogP contribution in [-0.4, -0.2) is 5.60 Å². The predicted molar refractivity (Wildman–Crippen MR) is 96.4 cm³/mol. The fraction of sp³-hybridized carbons (Fsp3) is 0.600. The number of hydrogen-bond donors (Lipinski definition) is 0. The van der Waals surface area contributed by atoms with Gasteiger partial charge in [-0.3, -0.25) is 0 Å². The van der Waals surface area contributed by atoms with E-state index in [0.717, 1.165) is 5.76 Å². The van der Waals surface area contributed by atoms with Crippen LogP contribution in [0.2, 0.25) is 0 Å². The van der Waals surface area contributed by atoms with Crippen LogP contribution < -0.4 is 0 Å². The van der Waals surface area contributed by atoms with Gasteiger partial charge in [-0.2, -0.15) is 0 Å². The first-order valence-electron chi connectivity index (χ1n) is 8.45. The summed E-state index contributed by atoms with van der Waals surface area (Å²) in [7, 11) is 0. The molecule has 0 radical (unpaired) electrons. The molecule has 2 aliphatic rings. The molecule has 2 saturated carbocycles. The van der Waals surface area contributed by atoms with Crippen molar-refractivity contribution in [3.8, 4) is 0 Å². The van der Waals surface area contributed by atoms with Gasteiger partial charge < -0.3 is 4.74 Å². The Morgan fingerprint density at radius 2 is 1.82 bits per heavy atom. The fourth-order valence-electron chi connectivity index (χ4n) is 3.10. The lowest BCUT2D eigenvalue weighted by atomic mass is 9.86. The zero-order valence-electron chi connectivity index (χ0n) is 14.2. The Hall–Kier alpha value is -0.760. The Kier molecular flexibility index (Phi) is 4.18. The van der Waals surface area contributed by atoms with E-state index in [0.29, 0.717) is 5.41 Å². The van der Waals surface area contributed by atoms with Crippen LogP contribution in [0.1, 0.15) is 75.8 Å². The number of halogens is 1. The van der Waals surface area contributed by atoms with Crippen molar-refractivity contribution in [3.63, 3.8) is 0 Å². The predicted octanol–water partition coefficient (Wildman–Crippen LogP) is 6.43. The molecule has 0 saturated heterocycles. The minimum Gasteiger partial charge on any atom is -0.491 e. The van der Waals surface area contributed by atoms with Crippen molar-refractivity contribution >= 4 is 15.9 Å². The molecule has 22 heavy (non-hydrogen) atoms. The molecule has 0 heterocycles. The summed E-state index contributed by atoms with van der Waals surface area (Å²) in [6.07, 6.45) is 6.27. The van der Waals surface area contributed by atoms with Gasteiger partial charge in [-0.1, -0.05) is 47.1 Å². The molecule has 2 heteroatoms. The lowest BCUT2D eigenvalue weighted by molar-refractivity contribution is 0.0444. The highest BCUT2D eigenvalue weighted by Crippen LogP contribution is 2.52. The molecule has 0 spiro atoms. The summed E-state index contributed by atoms with van der Waals surface area (Å²) in [6.45, 7) is 8.80. The molecule has 0 aromatic heterocycles. The third-order valence-electron chi connectivity index (χ3n) is 4.84. The molecule has 120 valence electrons. The zero-order valence-corrected chi connectivity index (χ0v) is 15.8. The maximum Gasteiger partial charge on any atom is 0.114 e. The van der Waals surface area contributed by atoms with Crippen molar-refractivity contribution in [1.29, 1.82) is 0 Å². The van der Waals surface area contributed by atoms with Gasteiger partial charge in [0.1, 0.15) is 11.4 Å². The van der Waals surface area contributed by atoms with E-state index in [9.17, 15) is 0 Å². The van der Waals surface area contributed by atoms with Crippen molar-refractivity contribution in [1.82, 2.24) is 0 Å². The van der Waals surface area contributed by atoms with Crippen LogP contribution in [0.15, 0.2) is 35.6 Å². The normalized spacial score (nSPS) is 21.0. The van der Waals surface area contributed by atoms with Crippen LogP contribution >= 0.6 is 15.9 Å². The lowest BCUT2D eigenvalue weighted by Gasteiger charge is -2.32. The third-order valence-corrected chi connectivity index (χ3v) is 5.75. The number of rotatable bonds is 4. The van der Waals surface area contributed by atoms with Gasteiger partial charge in [-0.05, 0) is 75.0 Å². The molecule has 1 atom stereocenters. The number of hydrogen-bond acceptors (Lipinski definition) is 1. The van der Waals surface area contributed by atoms with E-state index in [1.807, 2.05) is 0 Å². The van der Waals surface area contributed by atoms with E-state index in [1.165, 1.54) is 48.8 Å². The molecule has 2 aliphatic carbocycles. The number of allylic oxidation sites excluding steroid dienone is 2. The van der Waals surface area contributed by atoms with Crippen LogP contribution in [0, 0.1) is 0 Å². The first-order valence-corrected chi connectivity index (χ1v) is 9.36. The van der Waals surface area contributed by atoms with Gasteiger partial charge in [0.25, 0.3) is 0 Å². The van der Waals surface area contributed by atoms with Gasteiger partial charge in [-0.15, -0.1) is 0 Å². The quantitative estimate of drug-likeness (QED) is 0.443. The van der Waals surface area contributed by atoms with Crippen molar-refractivity contribution < 1.29 is 4.74 Å². The fourth-order valence-corrected chi connectivity index (χ4v) is 3.92. The highest BCUT2D eigenvalue weighted by molar-refractivity contribution is 9.09. The van der Waals surface area contributed by atoms with Gasteiger partial charge in [0.2, 0.25) is 0 Å². The van der Waals surface area contributed by atoms with E-state index < -0.39 is 0 Å². The second-order valence-corrected chi connectivity index (χ2v) is 8.96. The topological polar surface area (TPSA) is 9.23 Å². The summed E-state index contributed by atoms with van der Waals surface area (Å²) in [5.41, 5.74) is 4.60. The monoisotopic (exact) mass is 362 g/mol. The highest BCUT2D eigenvalue weighted by Gasteiger charge is 2.42. The lowest BCUT2D eigenvalue weighted by Crippen LogP contribution is -2.23. The van der Waals surface area contributed by atoms with Gasteiger partial charge in [0.15, 0.2) is 0 Å². The number of ether oxygens (including phenoxy) is 1. The number of alkyl halides is 1. The first-order chi connectivity index (χ1) is 10.3. The Balaban J connectivity index is 1.96. The molecule has 0 aliphatic heterocycles. The van der Waals surface area contributed by atoms with Crippen LogP contribution in [-0.2, 0) is 10.2 Å². The molecule has 1 nitrogen and oxygen atoms in total. The second-order valence-electron chi connectivity index (χ2n) is 8.05. The van der Waals surface area contributed by atoms with Crippen molar-refractivity contribution in [2.45, 2.75) is 75.6 Å². The summed E-state index contributed by atoms with van der Waals surface area (Å²) < 4.78 is 6.38. The smallest absolute Gasteiger partial charge is 0.114 e. The maximum absolute atomic E-state index is 6.38. The van der Waals surface area contributed by atoms with Crippen LogP contribution in [0.4, 0.5) is 0 Å². The van der Waals surface area contributed by atoms with Crippen molar-refractivity contribution in [3.05, 3.63) is 46.7 Å². The second kappa shape index (κ2) is 5.70. The van der Waals surface area contributed by atoms with E-state index in [-0.39, 0.29) is 10.4 Å². The molecule has 2 fully saturated rings. The average molecular weight is 363 g/mol. The van der Waals surface area contributed by atoms with E-state index in [2.05, 4.69) is 67.9 Å². The Morgan fingerprint density at radius 1 is 1.18 bits per heavy atom. The molecular formula is C20H27BrO. The molecule has 1 aromatic carbocycles. The minimum absolute atomic E-state index is 0.150. The largest absolute Gasteiger partial charge is 0.491 e. The van der Waals surface area contributed by atoms with E-state index >= 15 is 0 Å². The Labute approximate surface area is 143 Å². The molecule has 0 N–H and O–H groups in total. The number of benzene rings is 1. The maximum atomic E-state index is 6.38. The van der Waals surface area contributed by atoms with E-state index in [1.54, 1.807) is 0 Å². The molecular weight excluding hydrogens is 336 g/mol. The summed E-state index contributed by atoms with van der Waals surface area (Å²) in [6, 6.07) is 8.89. The minimum atomic E-state index is -0.150. The van der Waals surface area contributed by atoms with Crippen LogP contribution in [0.25, 0.3) is 0 Å². The third kappa shape index (κ3) is 3.27.